The molecular weight excluding hydrogens is 395 g/mol. The Balaban J connectivity index is 1.92. The maximum absolute atomic E-state index is 11.8. The molecule has 0 fully saturated rings. The summed E-state index contributed by atoms with van der Waals surface area (Å²) >= 11 is 18.4. The Morgan fingerprint density at radius 3 is 2.54 bits per heavy atom. The third-order valence-corrected chi connectivity index (χ3v) is 4.96. The summed E-state index contributed by atoms with van der Waals surface area (Å²) in [5.41, 5.74) is 1.81. The number of aryl methyl sites for hydroxylation is 1. The van der Waals surface area contributed by atoms with Gasteiger partial charge in [-0.2, -0.15) is 0 Å². The third kappa shape index (κ3) is 4.35. The van der Waals surface area contributed by atoms with Crippen LogP contribution in [0.25, 0.3) is 11.0 Å². The predicted octanol–water partition coefficient (Wildman–Crippen LogP) is 6.67. The molecule has 0 saturated heterocycles. The van der Waals surface area contributed by atoms with E-state index in [2.05, 4.69) is 6.92 Å². The molecule has 136 valence electrons. The average Bonchev–Trinajstić information content (AvgIpc) is 2.59. The van der Waals surface area contributed by atoms with Crippen LogP contribution in [0.3, 0.4) is 0 Å². The highest BCUT2D eigenvalue weighted by Gasteiger charge is 2.12. The van der Waals surface area contributed by atoms with E-state index in [4.69, 9.17) is 44.0 Å². The normalized spacial score (nSPS) is 11.1. The molecule has 0 unspecified atom stereocenters. The van der Waals surface area contributed by atoms with Crippen LogP contribution in [0.5, 0.6) is 5.75 Å². The predicted molar refractivity (Wildman–Crippen MR) is 107 cm³/mol. The molecule has 3 nitrogen and oxygen atoms in total. The number of hydrogen-bond acceptors (Lipinski definition) is 3. The van der Waals surface area contributed by atoms with Crippen molar-refractivity contribution in [3.8, 4) is 5.75 Å². The minimum absolute atomic E-state index is 0.223. The lowest BCUT2D eigenvalue weighted by atomic mass is 10.0. The van der Waals surface area contributed by atoms with Crippen LogP contribution in [0.15, 0.2) is 45.6 Å². The first kappa shape index (κ1) is 19.1. The Morgan fingerprint density at radius 2 is 1.81 bits per heavy atom. The minimum Gasteiger partial charge on any atom is -0.487 e. The number of fused-ring (bicyclic) bond motifs is 1. The third-order valence-electron chi connectivity index (χ3n) is 4.08. The standard InChI is InChI=1S/C20H17Cl3O3/c1-2-3-4-12-7-20(24)26-18-10-19(17(23)9-15(12)18)25-11-13-5-6-14(21)8-16(13)22/h5-10H,2-4,11H2,1H3. The van der Waals surface area contributed by atoms with Crippen molar-refractivity contribution in [2.75, 3.05) is 0 Å². The van der Waals surface area contributed by atoms with Crippen molar-refractivity contribution in [2.24, 2.45) is 0 Å². The topological polar surface area (TPSA) is 39.4 Å². The smallest absolute Gasteiger partial charge is 0.336 e. The molecule has 0 radical (unpaired) electrons. The van der Waals surface area contributed by atoms with Crippen LogP contribution in [0.2, 0.25) is 15.1 Å². The Morgan fingerprint density at radius 1 is 1.00 bits per heavy atom. The summed E-state index contributed by atoms with van der Waals surface area (Å²) in [5, 5.41) is 2.36. The van der Waals surface area contributed by atoms with E-state index in [1.807, 2.05) is 0 Å². The van der Waals surface area contributed by atoms with Crippen molar-refractivity contribution in [3.63, 3.8) is 0 Å². The SMILES string of the molecule is CCCCc1cc(=O)oc2cc(OCc3ccc(Cl)cc3Cl)c(Cl)cc12. The first-order valence-electron chi connectivity index (χ1n) is 8.31. The van der Waals surface area contributed by atoms with Gasteiger partial charge in [0.1, 0.15) is 17.9 Å². The van der Waals surface area contributed by atoms with Crippen LogP contribution in [0.1, 0.15) is 30.9 Å². The zero-order valence-corrected chi connectivity index (χ0v) is 16.4. The van der Waals surface area contributed by atoms with Crippen molar-refractivity contribution in [2.45, 2.75) is 32.8 Å². The van der Waals surface area contributed by atoms with E-state index in [1.165, 1.54) is 6.07 Å². The number of hydrogen-bond donors (Lipinski definition) is 0. The van der Waals surface area contributed by atoms with E-state index in [0.717, 1.165) is 35.8 Å². The maximum Gasteiger partial charge on any atom is 0.336 e. The van der Waals surface area contributed by atoms with E-state index >= 15 is 0 Å². The Kier molecular flexibility index (Phi) is 6.13. The lowest BCUT2D eigenvalue weighted by molar-refractivity contribution is 0.306. The van der Waals surface area contributed by atoms with Gasteiger partial charge in [0.15, 0.2) is 0 Å². The van der Waals surface area contributed by atoms with Crippen molar-refractivity contribution in [1.82, 2.24) is 0 Å². The van der Waals surface area contributed by atoms with Gasteiger partial charge in [0, 0.05) is 33.1 Å². The van der Waals surface area contributed by atoms with Crippen molar-refractivity contribution < 1.29 is 9.15 Å². The summed E-state index contributed by atoms with van der Waals surface area (Å²) in [5.74, 6) is 0.431. The van der Waals surface area contributed by atoms with Crippen LogP contribution in [-0.2, 0) is 13.0 Å². The van der Waals surface area contributed by atoms with Crippen LogP contribution >= 0.6 is 34.8 Å². The van der Waals surface area contributed by atoms with Crippen LogP contribution in [0.4, 0.5) is 0 Å². The van der Waals surface area contributed by atoms with Gasteiger partial charge in [-0.1, -0.05) is 54.2 Å². The lowest BCUT2D eigenvalue weighted by Gasteiger charge is -2.12. The largest absolute Gasteiger partial charge is 0.487 e. The molecule has 0 amide bonds. The Hall–Kier alpha value is -1.68. The number of rotatable bonds is 6. The molecule has 1 heterocycles. The average molecular weight is 412 g/mol. The zero-order valence-electron chi connectivity index (χ0n) is 14.2. The van der Waals surface area contributed by atoms with Crippen LogP contribution in [-0.4, -0.2) is 0 Å². The fourth-order valence-electron chi connectivity index (χ4n) is 2.71. The molecule has 0 aliphatic heterocycles. The van der Waals surface area contributed by atoms with Gasteiger partial charge in [-0.15, -0.1) is 0 Å². The summed E-state index contributed by atoms with van der Waals surface area (Å²) in [6.07, 6.45) is 2.83. The van der Waals surface area contributed by atoms with Crippen molar-refractivity contribution >= 4 is 45.8 Å². The van der Waals surface area contributed by atoms with E-state index in [9.17, 15) is 4.79 Å². The molecule has 3 rings (SSSR count). The highest BCUT2D eigenvalue weighted by molar-refractivity contribution is 6.35. The Labute approximate surface area is 166 Å². The maximum atomic E-state index is 11.8. The van der Waals surface area contributed by atoms with Gasteiger partial charge >= 0.3 is 5.63 Å². The van der Waals surface area contributed by atoms with Gasteiger partial charge in [0.25, 0.3) is 0 Å². The van der Waals surface area contributed by atoms with Crippen LogP contribution < -0.4 is 10.4 Å². The molecule has 3 aromatic rings. The summed E-state index contributed by atoms with van der Waals surface area (Å²) in [6.45, 7) is 2.33. The van der Waals surface area contributed by atoms with Crippen molar-refractivity contribution in [3.05, 3.63) is 73.0 Å². The molecule has 0 saturated carbocycles. The van der Waals surface area contributed by atoms with Gasteiger partial charge in [-0.3, -0.25) is 0 Å². The molecule has 0 aliphatic carbocycles. The number of halogens is 3. The summed E-state index contributed by atoms with van der Waals surface area (Å²) in [4.78, 5) is 11.8. The number of unbranched alkanes of at least 4 members (excludes halogenated alkanes) is 1. The molecule has 0 aliphatic rings. The highest BCUT2D eigenvalue weighted by atomic mass is 35.5. The summed E-state index contributed by atoms with van der Waals surface area (Å²) in [6, 6.07) is 10.2. The zero-order chi connectivity index (χ0) is 18.7. The van der Waals surface area contributed by atoms with E-state index in [1.54, 1.807) is 30.3 Å². The molecule has 0 spiro atoms. The summed E-state index contributed by atoms with van der Waals surface area (Å²) < 4.78 is 11.1. The van der Waals surface area contributed by atoms with E-state index in [-0.39, 0.29) is 12.2 Å². The second-order valence-corrected chi connectivity index (χ2v) is 7.25. The molecule has 0 N–H and O–H groups in total. The monoisotopic (exact) mass is 410 g/mol. The fraction of sp³-hybridized carbons (Fsp3) is 0.250. The Bertz CT molecular complexity index is 995. The molecular formula is C20H17Cl3O3. The lowest BCUT2D eigenvalue weighted by Crippen LogP contribution is -2.02. The van der Waals surface area contributed by atoms with Gasteiger partial charge < -0.3 is 9.15 Å². The highest BCUT2D eigenvalue weighted by Crippen LogP contribution is 2.33. The van der Waals surface area contributed by atoms with Gasteiger partial charge in [0.2, 0.25) is 0 Å². The van der Waals surface area contributed by atoms with E-state index < -0.39 is 0 Å². The van der Waals surface area contributed by atoms with Crippen molar-refractivity contribution in [1.29, 1.82) is 0 Å². The van der Waals surface area contributed by atoms with Gasteiger partial charge in [-0.25, -0.2) is 4.79 Å². The molecule has 6 heteroatoms. The van der Waals surface area contributed by atoms with Gasteiger partial charge in [0.05, 0.1) is 5.02 Å². The molecule has 2 aromatic carbocycles. The summed E-state index contributed by atoms with van der Waals surface area (Å²) in [7, 11) is 0. The number of ether oxygens (including phenoxy) is 1. The molecule has 26 heavy (non-hydrogen) atoms. The number of benzene rings is 2. The first-order valence-corrected chi connectivity index (χ1v) is 9.44. The first-order chi connectivity index (χ1) is 12.5. The minimum atomic E-state index is -0.377. The second-order valence-electron chi connectivity index (χ2n) is 6.00. The second kappa shape index (κ2) is 8.34. The molecule has 1 aromatic heterocycles. The molecule has 0 atom stereocenters. The molecule has 0 bridgehead atoms. The van der Waals surface area contributed by atoms with Gasteiger partial charge in [-0.05, 0) is 36.6 Å². The van der Waals surface area contributed by atoms with E-state index in [0.29, 0.717) is 26.4 Å². The fourth-order valence-corrected chi connectivity index (χ4v) is 3.39. The quantitative estimate of drug-likeness (QED) is 0.425. The van der Waals surface area contributed by atoms with Crippen LogP contribution in [0, 0.1) is 0 Å².